The summed E-state index contributed by atoms with van der Waals surface area (Å²) in [6.45, 7) is -0.138. The van der Waals surface area contributed by atoms with Crippen LogP contribution in [0.4, 0.5) is 29.1 Å². The standard InChI is InChI=1S/C28H33F4N5O3S/c1-37(2)25-14-19(18-5-3-7-21(13-18)28(30,31)32)8-9-23(25)35-24-16-22(29)26(15-20(24)6-4-12-38)41(39,40)36-27-10-11-33-17-34-27/h3,5,7,10-11,13,15-17,19,23,25,35,38H,4,6,8-9,12,14H2,1-2H3,(H,33,34,36)/t19-,23-,25-/m0/s1. The number of aliphatic hydroxyl groups is 1. The van der Waals surface area contributed by atoms with Gasteiger partial charge in [-0.2, -0.15) is 13.2 Å². The Morgan fingerprint density at radius 1 is 1.12 bits per heavy atom. The number of aliphatic hydroxyl groups excluding tert-OH is 1. The molecule has 0 unspecified atom stereocenters. The van der Waals surface area contributed by atoms with Gasteiger partial charge in [0, 0.05) is 30.6 Å². The maximum atomic E-state index is 15.3. The molecule has 0 amide bonds. The number of hydrogen-bond acceptors (Lipinski definition) is 7. The summed E-state index contributed by atoms with van der Waals surface area (Å²) in [7, 11) is -0.542. The zero-order valence-corrected chi connectivity index (χ0v) is 23.5. The predicted octanol–water partition coefficient (Wildman–Crippen LogP) is 5.04. The molecule has 1 saturated carbocycles. The molecule has 1 aliphatic rings. The number of rotatable bonds is 10. The van der Waals surface area contributed by atoms with Gasteiger partial charge in [-0.3, -0.25) is 4.72 Å². The van der Waals surface area contributed by atoms with Crippen LogP contribution in [-0.2, 0) is 22.6 Å². The normalized spacial score (nSPS) is 19.8. The van der Waals surface area contributed by atoms with Crippen LogP contribution in [0.3, 0.4) is 0 Å². The Bertz CT molecular complexity index is 1440. The van der Waals surface area contributed by atoms with Gasteiger partial charge >= 0.3 is 6.18 Å². The van der Waals surface area contributed by atoms with Crippen LogP contribution in [0.15, 0.2) is 59.9 Å². The van der Waals surface area contributed by atoms with Crippen molar-refractivity contribution < 1.29 is 31.1 Å². The molecule has 41 heavy (non-hydrogen) atoms. The molecule has 222 valence electrons. The largest absolute Gasteiger partial charge is 0.416 e. The molecular weight excluding hydrogens is 562 g/mol. The first kappa shape index (κ1) is 30.7. The molecule has 0 radical (unpaired) electrons. The van der Waals surface area contributed by atoms with Gasteiger partial charge < -0.3 is 15.3 Å². The van der Waals surface area contributed by atoms with Crippen LogP contribution >= 0.6 is 0 Å². The van der Waals surface area contributed by atoms with Crippen LogP contribution in [0.2, 0.25) is 0 Å². The zero-order valence-electron chi connectivity index (χ0n) is 22.7. The number of anilines is 2. The number of aryl methyl sites for hydroxylation is 1. The van der Waals surface area contributed by atoms with E-state index in [0.29, 0.717) is 48.9 Å². The number of nitrogens with one attached hydrogen (secondary N) is 2. The van der Waals surface area contributed by atoms with E-state index in [2.05, 4.69) is 20.0 Å². The van der Waals surface area contributed by atoms with E-state index in [0.717, 1.165) is 18.5 Å². The van der Waals surface area contributed by atoms with Crippen molar-refractivity contribution in [3.05, 3.63) is 77.5 Å². The van der Waals surface area contributed by atoms with Gasteiger partial charge in [-0.25, -0.2) is 22.8 Å². The van der Waals surface area contributed by atoms with Crippen LogP contribution in [0.25, 0.3) is 0 Å². The minimum absolute atomic E-state index is 0.00938. The summed E-state index contributed by atoms with van der Waals surface area (Å²) in [5, 5.41) is 12.8. The number of alkyl halides is 3. The van der Waals surface area contributed by atoms with E-state index in [1.54, 1.807) is 6.07 Å². The minimum Gasteiger partial charge on any atom is -0.396 e. The fraction of sp³-hybridized carbons (Fsp3) is 0.429. The molecule has 1 heterocycles. The molecule has 1 aromatic heterocycles. The molecule has 13 heteroatoms. The molecule has 1 aliphatic carbocycles. The minimum atomic E-state index is -4.42. The molecule has 3 atom stereocenters. The summed E-state index contributed by atoms with van der Waals surface area (Å²) < 4.78 is 83.5. The first-order valence-electron chi connectivity index (χ1n) is 13.2. The molecule has 2 aromatic carbocycles. The maximum absolute atomic E-state index is 15.3. The van der Waals surface area contributed by atoms with Gasteiger partial charge in [0.15, 0.2) is 0 Å². The highest BCUT2D eigenvalue weighted by Gasteiger charge is 2.35. The molecule has 3 N–H and O–H groups in total. The van der Waals surface area contributed by atoms with Gasteiger partial charge in [0.05, 0.1) is 5.56 Å². The second kappa shape index (κ2) is 12.7. The van der Waals surface area contributed by atoms with Gasteiger partial charge in [-0.1, -0.05) is 18.2 Å². The summed E-state index contributed by atoms with van der Waals surface area (Å²) in [6.07, 6.45) is 0.512. The van der Waals surface area contributed by atoms with Gasteiger partial charge in [0.1, 0.15) is 22.9 Å². The molecule has 0 aliphatic heterocycles. The third kappa shape index (κ3) is 7.52. The van der Waals surface area contributed by atoms with Crippen molar-refractivity contribution in [2.24, 2.45) is 0 Å². The molecule has 0 spiro atoms. The molecule has 0 bridgehead atoms. The van der Waals surface area contributed by atoms with Gasteiger partial charge in [-0.15, -0.1) is 0 Å². The van der Waals surface area contributed by atoms with E-state index in [4.69, 9.17) is 0 Å². The zero-order chi connectivity index (χ0) is 29.8. The van der Waals surface area contributed by atoms with Crippen molar-refractivity contribution in [1.29, 1.82) is 0 Å². The van der Waals surface area contributed by atoms with Gasteiger partial charge in [-0.05, 0) is 87.5 Å². The van der Waals surface area contributed by atoms with Crippen molar-refractivity contribution in [2.45, 2.75) is 61.2 Å². The number of halogens is 4. The average molecular weight is 596 g/mol. The predicted molar refractivity (Wildman–Crippen MR) is 148 cm³/mol. The molecule has 8 nitrogen and oxygen atoms in total. The molecule has 3 aromatic rings. The van der Waals surface area contributed by atoms with E-state index in [-0.39, 0.29) is 30.4 Å². The first-order valence-corrected chi connectivity index (χ1v) is 14.7. The van der Waals surface area contributed by atoms with Crippen molar-refractivity contribution in [3.63, 3.8) is 0 Å². The molecular formula is C28H33F4N5O3S. The number of benzene rings is 2. The van der Waals surface area contributed by atoms with Crippen molar-refractivity contribution >= 4 is 21.5 Å². The Morgan fingerprint density at radius 3 is 2.56 bits per heavy atom. The highest BCUT2D eigenvalue weighted by molar-refractivity contribution is 7.92. The summed E-state index contributed by atoms with van der Waals surface area (Å²) in [4.78, 5) is 9.00. The lowest BCUT2D eigenvalue weighted by molar-refractivity contribution is -0.137. The maximum Gasteiger partial charge on any atom is 0.416 e. The number of sulfonamides is 1. The van der Waals surface area contributed by atoms with E-state index in [9.17, 15) is 26.7 Å². The lowest BCUT2D eigenvalue weighted by Crippen LogP contribution is -2.47. The first-order chi connectivity index (χ1) is 19.4. The lowest BCUT2D eigenvalue weighted by atomic mass is 9.77. The van der Waals surface area contributed by atoms with Crippen LogP contribution in [-0.4, -0.2) is 61.2 Å². The van der Waals surface area contributed by atoms with Gasteiger partial charge in [0.2, 0.25) is 0 Å². The summed E-state index contributed by atoms with van der Waals surface area (Å²) >= 11 is 0. The highest BCUT2D eigenvalue weighted by atomic mass is 32.2. The fourth-order valence-electron chi connectivity index (χ4n) is 5.31. The number of likely N-dealkylation sites (N-methyl/N-ethyl adjacent to an activating group) is 1. The van der Waals surface area contributed by atoms with Gasteiger partial charge in [0.25, 0.3) is 10.0 Å². The van der Waals surface area contributed by atoms with E-state index >= 15 is 4.39 Å². The second-order valence-electron chi connectivity index (χ2n) is 10.4. The molecule has 4 rings (SSSR count). The number of aromatic nitrogens is 2. The Labute approximate surface area is 236 Å². The monoisotopic (exact) mass is 595 g/mol. The van der Waals surface area contributed by atoms with Crippen LogP contribution in [0, 0.1) is 5.82 Å². The summed E-state index contributed by atoms with van der Waals surface area (Å²) in [5.41, 5.74) is 0.878. The fourth-order valence-corrected chi connectivity index (χ4v) is 6.43. The van der Waals surface area contributed by atoms with Crippen LogP contribution in [0.5, 0.6) is 0 Å². The Kier molecular flexibility index (Phi) is 9.50. The smallest absolute Gasteiger partial charge is 0.396 e. The van der Waals surface area contributed by atoms with E-state index < -0.39 is 32.5 Å². The average Bonchev–Trinajstić information content (AvgIpc) is 2.92. The third-order valence-electron chi connectivity index (χ3n) is 7.38. The SMILES string of the molecule is CN(C)[C@H]1C[C@@H](c2cccc(C(F)(F)F)c2)CC[C@@H]1Nc1cc(F)c(S(=O)(=O)Nc2ccncn2)cc1CCCO. The van der Waals surface area contributed by atoms with Crippen molar-refractivity contribution in [3.8, 4) is 0 Å². The molecule has 0 saturated heterocycles. The topological polar surface area (TPSA) is 107 Å². The molecule has 1 fully saturated rings. The van der Waals surface area contributed by atoms with Crippen LogP contribution in [0.1, 0.15) is 48.3 Å². The number of hydrogen-bond donors (Lipinski definition) is 3. The summed E-state index contributed by atoms with van der Waals surface area (Å²) in [6, 6.07) is 8.90. The Hall–Kier alpha value is -3.29. The quantitative estimate of drug-likeness (QED) is 0.282. The Morgan fingerprint density at radius 2 is 1.90 bits per heavy atom. The highest BCUT2D eigenvalue weighted by Crippen LogP contribution is 2.39. The van der Waals surface area contributed by atoms with E-state index in [1.165, 1.54) is 30.5 Å². The van der Waals surface area contributed by atoms with Crippen molar-refractivity contribution in [1.82, 2.24) is 14.9 Å². The third-order valence-corrected chi connectivity index (χ3v) is 8.75. The van der Waals surface area contributed by atoms with Crippen molar-refractivity contribution in [2.75, 3.05) is 30.7 Å². The number of nitrogens with zero attached hydrogens (tertiary/aromatic N) is 3. The van der Waals surface area contributed by atoms with E-state index in [1.807, 2.05) is 19.0 Å². The van der Waals surface area contributed by atoms with Crippen LogP contribution < -0.4 is 10.0 Å². The second-order valence-corrected chi connectivity index (χ2v) is 12.0. The Balaban J connectivity index is 1.59. The summed E-state index contributed by atoms with van der Waals surface area (Å²) in [5.74, 6) is -1.06. The lowest BCUT2D eigenvalue weighted by Gasteiger charge is -2.41.